The van der Waals surface area contributed by atoms with E-state index in [1.807, 2.05) is 11.3 Å². The largest absolute Gasteiger partial charge is 0.301 e. The summed E-state index contributed by atoms with van der Waals surface area (Å²) in [5.74, 6) is 1.24. The van der Waals surface area contributed by atoms with Crippen LogP contribution in [0.2, 0.25) is 0 Å². The first-order valence-corrected chi connectivity index (χ1v) is 15.4. The van der Waals surface area contributed by atoms with Gasteiger partial charge in [-0.15, -0.1) is 11.3 Å². The van der Waals surface area contributed by atoms with Gasteiger partial charge >= 0.3 is 0 Å². The molecule has 3 aliphatic rings. The zero-order valence-electron chi connectivity index (χ0n) is 22.9. The summed E-state index contributed by atoms with van der Waals surface area (Å²) in [6.07, 6.45) is 16.9. The van der Waals surface area contributed by atoms with Crippen molar-refractivity contribution in [3.63, 3.8) is 0 Å². The van der Waals surface area contributed by atoms with Crippen LogP contribution in [0.15, 0.2) is 134 Å². The van der Waals surface area contributed by atoms with Crippen LogP contribution in [0.4, 0.5) is 11.6 Å². The Labute approximate surface area is 248 Å². The molecule has 0 amide bonds. The van der Waals surface area contributed by atoms with Crippen molar-refractivity contribution >= 4 is 59.6 Å². The molecule has 42 heavy (non-hydrogen) atoms. The molecular formula is C38H27N3S. The lowest BCUT2D eigenvalue weighted by molar-refractivity contribution is 0.725. The molecule has 3 heterocycles. The first-order chi connectivity index (χ1) is 20.8. The predicted molar refractivity (Wildman–Crippen MR) is 177 cm³/mol. The van der Waals surface area contributed by atoms with Crippen molar-refractivity contribution < 1.29 is 0 Å². The van der Waals surface area contributed by atoms with E-state index >= 15 is 0 Å². The second-order valence-electron chi connectivity index (χ2n) is 11.3. The Kier molecular flexibility index (Phi) is 5.32. The van der Waals surface area contributed by atoms with Crippen LogP contribution in [0.3, 0.4) is 0 Å². The van der Waals surface area contributed by atoms with E-state index < -0.39 is 0 Å². The average Bonchev–Trinajstić information content (AvgIpc) is 3.61. The highest BCUT2D eigenvalue weighted by Crippen LogP contribution is 2.53. The normalized spacial score (nSPS) is 20.8. The van der Waals surface area contributed by atoms with E-state index in [0.717, 1.165) is 29.0 Å². The van der Waals surface area contributed by atoms with E-state index in [0.29, 0.717) is 0 Å². The standard InChI is InChI=1S/C38H27N3S/c1-2-10-24(11-3-1)25-18-20-26(21-19-25)35-31-14-4-7-15-32(31)39-38(40-35)41-33-16-8-5-12-27(33)29-22-23-30-28-13-6-9-17-34(28)42-37(30)36(29)41/h1-20,22-23,26-27,33H,21H2. The highest BCUT2D eigenvalue weighted by atomic mass is 32.1. The van der Waals surface area contributed by atoms with E-state index in [1.165, 1.54) is 42.6 Å². The maximum absolute atomic E-state index is 5.44. The van der Waals surface area contributed by atoms with Gasteiger partial charge in [0.1, 0.15) is 0 Å². The number of anilines is 2. The Morgan fingerprint density at radius 3 is 2.40 bits per heavy atom. The lowest BCUT2D eigenvalue weighted by atomic mass is 9.89. The van der Waals surface area contributed by atoms with Gasteiger partial charge in [0.05, 0.1) is 27.6 Å². The van der Waals surface area contributed by atoms with E-state index in [1.54, 1.807) is 0 Å². The van der Waals surface area contributed by atoms with E-state index in [2.05, 4.69) is 138 Å². The zero-order chi connectivity index (χ0) is 27.6. The molecule has 4 heteroatoms. The van der Waals surface area contributed by atoms with Gasteiger partial charge < -0.3 is 4.90 Å². The zero-order valence-corrected chi connectivity index (χ0v) is 23.7. The van der Waals surface area contributed by atoms with Crippen LogP contribution < -0.4 is 4.90 Å². The van der Waals surface area contributed by atoms with Crippen LogP contribution in [0, 0.1) is 0 Å². The molecule has 2 aliphatic carbocycles. The SMILES string of the molecule is C1=CC2c3ccc4c(sc5ccccc54)c3N(c3nc(C4C=CC(c5ccccc5)=CC4)c4ccccc4n3)C2C=C1. The fourth-order valence-corrected chi connectivity index (χ4v) is 8.22. The Hall–Kier alpha value is -4.80. The van der Waals surface area contributed by atoms with Gasteiger partial charge in [0.25, 0.3) is 0 Å². The van der Waals surface area contributed by atoms with Gasteiger partial charge in [-0.1, -0.05) is 121 Å². The number of hydrogen-bond acceptors (Lipinski definition) is 4. The fraction of sp³-hybridized carbons (Fsp3) is 0.105. The molecular weight excluding hydrogens is 531 g/mol. The molecule has 200 valence electrons. The minimum atomic E-state index is 0.140. The summed E-state index contributed by atoms with van der Waals surface area (Å²) in [5.41, 5.74) is 7.22. The quantitative estimate of drug-likeness (QED) is 0.217. The molecule has 4 aromatic carbocycles. The number of nitrogens with zero attached hydrogens (tertiary/aromatic N) is 3. The first-order valence-electron chi connectivity index (χ1n) is 14.6. The minimum absolute atomic E-state index is 0.140. The van der Waals surface area contributed by atoms with Crippen molar-refractivity contribution in [2.24, 2.45) is 0 Å². The molecule has 6 aromatic rings. The molecule has 0 N–H and O–H groups in total. The number of para-hydroxylation sites is 1. The van der Waals surface area contributed by atoms with Crippen molar-refractivity contribution in [3.8, 4) is 0 Å². The highest BCUT2D eigenvalue weighted by Gasteiger charge is 2.41. The van der Waals surface area contributed by atoms with E-state index in [4.69, 9.17) is 9.97 Å². The first kappa shape index (κ1) is 23.9. The van der Waals surface area contributed by atoms with Gasteiger partial charge in [-0.3, -0.25) is 0 Å². The highest BCUT2D eigenvalue weighted by molar-refractivity contribution is 7.26. The monoisotopic (exact) mass is 557 g/mol. The number of fused-ring (bicyclic) bond motifs is 8. The Bertz CT molecular complexity index is 2150. The molecule has 3 atom stereocenters. The van der Waals surface area contributed by atoms with Crippen LogP contribution in [-0.2, 0) is 0 Å². The summed E-state index contributed by atoms with van der Waals surface area (Å²) in [6.45, 7) is 0. The Balaban J connectivity index is 1.22. The summed E-state index contributed by atoms with van der Waals surface area (Å²) < 4.78 is 2.63. The number of aromatic nitrogens is 2. The maximum atomic E-state index is 5.44. The Morgan fingerprint density at radius 1 is 0.714 bits per heavy atom. The smallest absolute Gasteiger partial charge is 0.231 e. The number of allylic oxidation sites excluding steroid dienone is 6. The molecule has 9 rings (SSSR count). The van der Waals surface area contributed by atoms with Crippen LogP contribution in [0.25, 0.3) is 36.6 Å². The second kappa shape index (κ2) is 9.37. The molecule has 0 saturated heterocycles. The van der Waals surface area contributed by atoms with Crippen LogP contribution in [0.1, 0.15) is 35.1 Å². The summed E-state index contributed by atoms with van der Waals surface area (Å²) >= 11 is 1.88. The molecule has 1 aliphatic heterocycles. The van der Waals surface area contributed by atoms with Crippen LogP contribution >= 0.6 is 11.3 Å². The second-order valence-corrected chi connectivity index (χ2v) is 12.3. The van der Waals surface area contributed by atoms with Crippen molar-refractivity contribution in [1.29, 1.82) is 0 Å². The van der Waals surface area contributed by atoms with Gasteiger partial charge in [0.15, 0.2) is 0 Å². The fourth-order valence-electron chi connectivity index (χ4n) is 6.97. The van der Waals surface area contributed by atoms with Crippen LogP contribution in [0.5, 0.6) is 0 Å². The predicted octanol–water partition coefficient (Wildman–Crippen LogP) is 9.85. The third kappa shape index (κ3) is 3.58. The lowest BCUT2D eigenvalue weighted by Gasteiger charge is -2.28. The topological polar surface area (TPSA) is 29.0 Å². The summed E-state index contributed by atoms with van der Waals surface area (Å²) in [5, 5.41) is 3.75. The molecule has 0 saturated carbocycles. The van der Waals surface area contributed by atoms with Crippen molar-refractivity contribution in [2.75, 3.05) is 4.90 Å². The minimum Gasteiger partial charge on any atom is -0.301 e. The average molecular weight is 558 g/mol. The maximum Gasteiger partial charge on any atom is 0.231 e. The van der Waals surface area contributed by atoms with Crippen molar-refractivity contribution in [1.82, 2.24) is 9.97 Å². The molecule has 2 aromatic heterocycles. The lowest BCUT2D eigenvalue weighted by Crippen LogP contribution is -2.30. The number of rotatable bonds is 3. The Morgan fingerprint density at radius 2 is 1.52 bits per heavy atom. The van der Waals surface area contributed by atoms with Gasteiger partial charge in [-0.2, -0.15) is 0 Å². The molecule has 3 nitrogen and oxygen atoms in total. The molecule has 0 radical (unpaired) electrons. The number of thiophene rings is 1. The molecule has 0 bridgehead atoms. The van der Waals surface area contributed by atoms with Crippen molar-refractivity contribution in [2.45, 2.75) is 24.3 Å². The summed E-state index contributed by atoms with van der Waals surface area (Å²) in [6, 6.07) is 32.6. The number of benzene rings is 4. The third-order valence-electron chi connectivity index (χ3n) is 8.95. The third-order valence-corrected chi connectivity index (χ3v) is 10.1. The van der Waals surface area contributed by atoms with Gasteiger partial charge in [-0.25, -0.2) is 9.97 Å². The molecule has 0 fully saturated rings. The summed E-state index contributed by atoms with van der Waals surface area (Å²) in [7, 11) is 0. The van der Waals surface area contributed by atoms with E-state index in [-0.39, 0.29) is 17.9 Å². The van der Waals surface area contributed by atoms with Crippen molar-refractivity contribution in [3.05, 3.63) is 150 Å². The van der Waals surface area contributed by atoms with Gasteiger partial charge in [-0.05, 0) is 35.3 Å². The van der Waals surface area contributed by atoms with E-state index in [9.17, 15) is 0 Å². The summed E-state index contributed by atoms with van der Waals surface area (Å²) in [4.78, 5) is 13.1. The van der Waals surface area contributed by atoms with Gasteiger partial charge in [0.2, 0.25) is 5.95 Å². The molecule has 3 unspecified atom stereocenters. The number of hydrogen-bond donors (Lipinski definition) is 0. The van der Waals surface area contributed by atoms with Crippen LogP contribution in [-0.4, -0.2) is 16.0 Å². The van der Waals surface area contributed by atoms with Gasteiger partial charge in [0, 0.05) is 32.7 Å². The molecule has 0 spiro atoms.